The molecular weight excluding hydrogens is 232 g/mol. The van der Waals surface area contributed by atoms with Crippen molar-refractivity contribution in [3.63, 3.8) is 0 Å². The van der Waals surface area contributed by atoms with Crippen LogP contribution >= 0.6 is 0 Å². The molecule has 1 heterocycles. The zero-order chi connectivity index (χ0) is 13.4. The lowest BCUT2D eigenvalue weighted by molar-refractivity contribution is 0.170. The Balaban J connectivity index is 2.80. The molecule has 0 aromatic carbocycles. The zero-order valence-electron chi connectivity index (χ0n) is 11.2. The van der Waals surface area contributed by atoms with Crippen molar-refractivity contribution in [3.8, 4) is 0 Å². The first-order valence-corrected chi connectivity index (χ1v) is 6.15. The van der Waals surface area contributed by atoms with Gasteiger partial charge in [-0.05, 0) is 6.42 Å². The Bertz CT molecular complexity index is 332. The van der Waals surface area contributed by atoms with E-state index in [2.05, 4.69) is 20.6 Å². The lowest BCUT2D eigenvalue weighted by Crippen LogP contribution is -2.27. The SMILES string of the molecule is CCc1nc(NC)cc(NC(CCO)COC)n1. The Labute approximate surface area is 108 Å². The van der Waals surface area contributed by atoms with Crippen LogP contribution in [0.15, 0.2) is 6.07 Å². The van der Waals surface area contributed by atoms with Crippen LogP contribution < -0.4 is 10.6 Å². The number of nitrogens with one attached hydrogen (secondary N) is 2. The maximum atomic E-state index is 9.00. The van der Waals surface area contributed by atoms with Crippen molar-refractivity contribution < 1.29 is 9.84 Å². The molecule has 0 aliphatic heterocycles. The predicted octanol–water partition coefficient (Wildman–Crippen LogP) is 0.890. The quantitative estimate of drug-likeness (QED) is 0.639. The topological polar surface area (TPSA) is 79.3 Å². The average Bonchev–Trinajstić information content (AvgIpc) is 2.38. The molecule has 6 heteroatoms. The Morgan fingerprint density at radius 1 is 1.39 bits per heavy atom. The normalized spacial score (nSPS) is 12.2. The molecule has 0 aliphatic carbocycles. The molecule has 1 unspecified atom stereocenters. The van der Waals surface area contributed by atoms with Gasteiger partial charge >= 0.3 is 0 Å². The summed E-state index contributed by atoms with van der Waals surface area (Å²) < 4.78 is 5.11. The Kier molecular flexibility index (Phi) is 6.38. The zero-order valence-corrected chi connectivity index (χ0v) is 11.2. The van der Waals surface area contributed by atoms with Crippen LogP contribution in [0.4, 0.5) is 11.6 Å². The van der Waals surface area contributed by atoms with E-state index in [1.54, 1.807) is 7.11 Å². The maximum Gasteiger partial charge on any atom is 0.132 e. The van der Waals surface area contributed by atoms with Crippen molar-refractivity contribution in [2.75, 3.05) is 38.0 Å². The number of methoxy groups -OCH3 is 1. The van der Waals surface area contributed by atoms with Gasteiger partial charge in [-0.1, -0.05) is 6.92 Å². The molecule has 0 saturated carbocycles. The highest BCUT2D eigenvalue weighted by Crippen LogP contribution is 2.13. The second kappa shape index (κ2) is 7.84. The van der Waals surface area contributed by atoms with Gasteiger partial charge in [0.15, 0.2) is 0 Å². The van der Waals surface area contributed by atoms with Crippen LogP contribution in [0.25, 0.3) is 0 Å². The molecule has 0 spiro atoms. The fourth-order valence-electron chi connectivity index (χ4n) is 1.62. The Hall–Kier alpha value is -1.40. The molecule has 0 radical (unpaired) electrons. The molecule has 0 fully saturated rings. The van der Waals surface area contributed by atoms with Gasteiger partial charge in [0.2, 0.25) is 0 Å². The molecule has 0 bridgehead atoms. The van der Waals surface area contributed by atoms with Crippen molar-refractivity contribution in [2.24, 2.45) is 0 Å². The highest BCUT2D eigenvalue weighted by Gasteiger charge is 2.10. The summed E-state index contributed by atoms with van der Waals surface area (Å²) in [4.78, 5) is 8.73. The summed E-state index contributed by atoms with van der Waals surface area (Å²) in [6.07, 6.45) is 1.40. The smallest absolute Gasteiger partial charge is 0.132 e. The summed E-state index contributed by atoms with van der Waals surface area (Å²) >= 11 is 0. The van der Waals surface area contributed by atoms with Gasteiger partial charge in [-0.3, -0.25) is 0 Å². The number of aromatic nitrogens is 2. The molecular formula is C12H22N4O2. The number of anilines is 2. The van der Waals surface area contributed by atoms with E-state index in [9.17, 15) is 0 Å². The molecule has 1 atom stereocenters. The van der Waals surface area contributed by atoms with E-state index in [0.29, 0.717) is 13.0 Å². The van der Waals surface area contributed by atoms with E-state index in [4.69, 9.17) is 9.84 Å². The molecule has 0 amide bonds. The van der Waals surface area contributed by atoms with Crippen LogP contribution in [0.5, 0.6) is 0 Å². The Morgan fingerprint density at radius 2 is 2.11 bits per heavy atom. The van der Waals surface area contributed by atoms with Crippen molar-refractivity contribution in [2.45, 2.75) is 25.8 Å². The van der Waals surface area contributed by atoms with Crippen LogP contribution in [-0.4, -0.2) is 48.5 Å². The number of aliphatic hydroxyl groups excluding tert-OH is 1. The molecule has 6 nitrogen and oxygen atoms in total. The minimum Gasteiger partial charge on any atom is -0.396 e. The summed E-state index contributed by atoms with van der Waals surface area (Å²) in [7, 11) is 3.47. The molecule has 102 valence electrons. The average molecular weight is 254 g/mol. The first-order valence-electron chi connectivity index (χ1n) is 6.15. The van der Waals surface area contributed by atoms with Gasteiger partial charge in [0.05, 0.1) is 12.6 Å². The van der Waals surface area contributed by atoms with Gasteiger partial charge in [0.1, 0.15) is 17.5 Å². The monoisotopic (exact) mass is 254 g/mol. The molecule has 1 aromatic heterocycles. The van der Waals surface area contributed by atoms with Crippen molar-refractivity contribution >= 4 is 11.6 Å². The summed E-state index contributed by atoms with van der Waals surface area (Å²) in [6.45, 7) is 2.66. The predicted molar refractivity (Wildman–Crippen MR) is 71.9 cm³/mol. The number of hydrogen-bond acceptors (Lipinski definition) is 6. The Morgan fingerprint density at radius 3 is 2.67 bits per heavy atom. The summed E-state index contributed by atoms with van der Waals surface area (Å²) in [5.74, 6) is 2.32. The number of ether oxygens (including phenoxy) is 1. The minimum absolute atomic E-state index is 0.0457. The third kappa shape index (κ3) is 4.46. The standard InChI is InChI=1S/C12H22N4O2/c1-4-10-15-11(13-2)7-12(16-10)14-9(5-6-17)8-18-3/h7,9,17H,4-6,8H2,1-3H3,(H2,13,14,15,16). The van der Waals surface area contributed by atoms with Crippen LogP contribution in [0.2, 0.25) is 0 Å². The first-order chi connectivity index (χ1) is 8.73. The number of aryl methyl sites for hydroxylation is 1. The number of hydrogen-bond donors (Lipinski definition) is 3. The van der Waals surface area contributed by atoms with Crippen molar-refractivity contribution in [1.29, 1.82) is 0 Å². The van der Waals surface area contributed by atoms with Gasteiger partial charge in [-0.2, -0.15) is 0 Å². The third-order valence-corrected chi connectivity index (χ3v) is 2.54. The van der Waals surface area contributed by atoms with E-state index >= 15 is 0 Å². The van der Waals surface area contributed by atoms with E-state index in [0.717, 1.165) is 23.9 Å². The van der Waals surface area contributed by atoms with Crippen LogP contribution in [-0.2, 0) is 11.2 Å². The van der Waals surface area contributed by atoms with Crippen LogP contribution in [0.3, 0.4) is 0 Å². The minimum atomic E-state index is 0.0457. The van der Waals surface area contributed by atoms with E-state index in [1.807, 2.05) is 20.0 Å². The highest BCUT2D eigenvalue weighted by molar-refractivity contribution is 5.47. The van der Waals surface area contributed by atoms with Gasteiger partial charge in [-0.15, -0.1) is 0 Å². The largest absolute Gasteiger partial charge is 0.396 e. The highest BCUT2D eigenvalue weighted by atomic mass is 16.5. The maximum absolute atomic E-state index is 9.00. The van der Waals surface area contributed by atoms with Gasteiger partial charge in [-0.25, -0.2) is 9.97 Å². The molecule has 0 aliphatic rings. The fraction of sp³-hybridized carbons (Fsp3) is 0.667. The lowest BCUT2D eigenvalue weighted by Gasteiger charge is -2.18. The number of nitrogens with zero attached hydrogens (tertiary/aromatic N) is 2. The van der Waals surface area contributed by atoms with E-state index in [1.165, 1.54) is 0 Å². The molecule has 18 heavy (non-hydrogen) atoms. The molecule has 3 N–H and O–H groups in total. The summed E-state index contributed by atoms with van der Waals surface area (Å²) in [6, 6.07) is 1.89. The summed E-state index contributed by atoms with van der Waals surface area (Å²) in [5.41, 5.74) is 0. The van der Waals surface area contributed by atoms with Crippen molar-refractivity contribution in [3.05, 3.63) is 11.9 Å². The molecule has 1 aromatic rings. The lowest BCUT2D eigenvalue weighted by atomic mass is 10.2. The van der Waals surface area contributed by atoms with Gasteiger partial charge < -0.3 is 20.5 Å². The van der Waals surface area contributed by atoms with Gasteiger partial charge in [0, 0.05) is 33.3 Å². The molecule has 1 rings (SSSR count). The third-order valence-electron chi connectivity index (χ3n) is 2.54. The number of rotatable bonds is 8. The van der Waals surface area contributed by atoms with E-state index in [-0.39, 0.29) is 12.6 Å². The van der Waals surface area contributed by atoms with E-state index < -0.39 is 0 Å². The second-order valence-electron chi connectivity index (χ2n) is 3.97. The molecule has 0 saturated heterocycles. The number of aliphatic hydroxyl groups is 1. The van der Waals surface area contributed by atoms with Crippen molar-refractivity contribution in [1.82, 2.24) is 9.97 Å². The van der Waals surface area contributed by atoms with Crippen LogP contribution in [0, 0.1) is 0 Å². The second-order valence-corrected chi connectivity index (χ2v) is 3.97. The summed E-state index contributed by atoms with van der Waals surface area (Å²) in [5, 5.41) is 15.3. The van der Waals surface area contributed by atoms with Crippen LogP contribution in [0.1, 0.15) is 19.2 Å². The first kappa shape index (κ1) is 14.7. The van der Waals surface area contributed by atoms with Gasteiger partial charge in [0.25, 0.3) is 0 Å². The fourth-order valence-corrected chi connectivity index (χ4v) is 1.62.